The van der Waals surface area contributed by atoms with Gasteiger partial charge in [0.2, 0.25) is 5.91 Å². The van der Waals surface area contributed by atoms with Gasteiger partial charge < -0.3 is 5.32 Å². The molecule has 0 saturated carbocycles. The summed E-state index contributed by atoms with van der Waals surface area (Å²) in [4.78, 5) is 12.5. The van der Waals surface area contributed by atoms with E-state index >= 15 is 0 Å². The minimum absolute atomic E-state index is 0.0397. The second-order valence-corrected chi connectivity index (χ2v) is 7.35. The van der Waals surface area contributed by atoms with Crippen molar-refractivity contribution < 1.29 is 4.79 Å². The van der Waals surface area contributed by atoms with Gasteiger partial charge in [-0.15, -0.1) is 0 Å². The first-order valence-electron chi connectivity index (χ1n) is 9.48. The number of carbonyl (C=O) groups is 1. The van der Waals surface area contributed by atoms with Crippen LogP contribution in [-0.4, -0.2) is 5.91 Å². The summed E-state index contributed by atoms with van der Waals surface area (Å²) < 4.78 is 0. The fraction of sp³-hybridized carbons (Fsp3) is 0.435. The molecule has 0 aliphatic rings. The van der Waals surface area contributed by atoms with E-state index in [-0.39, 0.29) is 11.8 Å². The van der Waals surface area contributed by atoms with Crippen molar-refractivity contribution >= 4 is 11.6 Å². The molecule has 0 spiro atoms. The van der Waals surface area contributed by atoms with Crippen LogP contribution in [0.3, 0.4) is 0 Å². The molecule has 0 heterocycles. The molecule has 134 valence electrons. The van der Waals surface area contributed by atoms with Crippen LogP contribution in [0.15, 0.2) is 48.5 Å². The molecule has 0 aromatic heterocycles. The zero-order chi connectivity index (χ0) is 18.2. The first-order valence-corrected chi connectivity index (χ1v) is 9.48. The van der Waals surface area contributed by atoms with Crippen molar-refractivity contribution in [3.05, 3.63) is 65.2 Å². The molecule has 0 aliphatic carbocycles. The number of anilines is 1. The zero-order valence-corrected chi connectivity index (χ0v) is 16.0. The van der Waals surface area contributed by atoms with Crippen molar-refractivity contribution in [1.82, 2.24) is 0 Å². The number of nitrogens with one attached hydrogen (secondary N) is 1. The van der Waals surface area contributed by atoms with E-state index in [1.807, 2.05) is 19.1 Å². The highest BCUT2D eigenvalue weighted by molar-refractivity contribution is 5.95. The molecule has 2 nitrogen and oxygen atoms in total. The normalized spacial score (nSPS) is 12.2. The Morgan fingerprint density at radius 3 is 2.08 bits per heavy atom. The van der Waals surface area contributed by atoms with Gasteiger partial charge in [-0.05, 0) is 60.9 Å². The summed E-state index contributed by atoms with van der Waals surface area (Å²) in [7, 11) is 0. The third kappa shape index (κ3) is 6.04. The summed E-state index contributed by atoms with van der Waals surface area (Å²) in [5.74, 6) is 0.526. The van der Waals surface area contributed by atoms with E-state index in [2.05, 4.69) is 62.5 Å². The molecule has 2 heteroatoms. The Balaban J connectivity index is 1.95. The summed E-state index contributed by atoms with van der Waals surface area (Å²) in [6.45, 7) is 8.60. The fourth-order valence-electron chi connectivity index (χ4n) is 2.95. The number of unbranched alkanes of at least 4 members (excludes halogenated alkanes) is 1. The maximum Gasteiger partial charge on any atom is 0.231 e. The maximum absolute atomic E-state index is 12.5. The minimum Gasteiger partial charge on any atom is -0.326 e. The average molecular weight is 338 g/mol. The summed E-state index contributed by atoms with van der Waals surface area (Å²) in [6.07, 6.45) is 4.58. The third-order valence-corrected chi connectivity index (χ3v) is 4.56. The Kier molecular flexibility index (Phi) is 7.24. The van der Waals surface area contributed by atoms with Crippen LogP contribution >= 0.6 is 0 Å². The van der Waals surface area contributed by atoms with Crippen LogP contribution in [0.4, 0.5) is 5.69 Å². The van der Waals surface area contributed by atoms with E-state index in [0.717, 1.165) is 24.1 Å². The van der Waals surface area contributed by atoms with Gasteiger partial charge in [-0.2, -0.15) is 0 Å². The first-order chi connectivity index (χ1) is 12.0. The van der Waals surface area contributed by atoms with Crippen molar-refractivity contribution in [3.63, 3.8) is 0 Å². The van der Waals surface area contributed by atoms with Crippen LogP contribution in [0, 0.1) is 5.92 Å². The first kappa shape index (κ1) is 19.2. The largest absolute Gasteiger partial charge is 0.326 e. The SMILES string of the molecule is CCCCc1ccc(NC(=O)C(C)c2ccc(CC(C)C)cc2)cc1. The quantitative estimate of drug-likeness (QED) is 0.631. The molecule has 0 radical (unpaired) electrons. The highest BCUT2D eigenvalue weighted by Gasteiger charge is 2.15. The molecule has 2 rings (SSSR count). The Hall–Kier alpha value is -2.09. The van der Waals surface area contributed by atoms with Gasteiger partial charge in [-0.1, -0.05) is 63.6 Å². The smallest absolute Gasteiger partial charge is 0.231 e. The lowest BCUT2D eigenvalue weighted by atomic mass is 9.96. The number of hydrogen-bond acceptors (Lipinski definition) is 1. The molecule has 1 N–H and O–H groups in total. The van der Waals surface area contributed by atoms with Crippen LogP contribution in [0.25, 0.3) is 0 Å². The van der Waals surface area contributed by atoms with Gasteiger partial charge in [-0.25, -0.2) is 0 Å². The molecule has 1 unspecified atom stereocenters. The lowest BCUT2D eigenvalue weighted by molar-refractivity contribution is -0.117. The molecule has 1 atom stereocenters. The number of aryl methyl sites for hydroxylation is 1. The van der Waals surface area contributed by atoms with E-state index in [9.17, 15) is 4.79 Å². The van der Waals surface area contributed by atoms with Crippen molar-refractivity contribution in [2.45, 2.75) is 59.3 Å². The predicted molar refractivity (Wildman–Crippen MR) is 107 cm³/mol. The molecule has 0 fully saturated rings. The highest BCUT2D eigenvalue weighted by atomic mass is 16.1. The maximum atomic E-state index is 12.5. The van der Waals surface area contributed by atoms with E-state index in [0.29, 0.717) is 5.92 Å². The summed E-state index contributed by atoms with van der Waals surface area (Å²) in [6, 6.07) is 16.7. The van der Waals surface area contributed by atoms with Crippen LogP contribution < -0.4 is 5.32 Å². The van der Waals surface area contributed by atoms with Crippen molar-refractivity contribution in [2.24, 2.45) is 5.92 Å². The van der Waals surface area contributed by atoms with Crippen molar-refractivity contribution in [1.29, 1.82) is 0 Å². The Morgan fingerprint density at radius 1 is 0.920 bits per heavy atom. The van der Waals surface area contributed by atoms with Gasteiger partial charge in [0.25, 0.3) is 0 Å². The summed E-state index contributed by atoms with van der Waals surface area (Å²) >= 11 is 0. The Labute approximate surface area is 152 Å². The van der Waals surface area contributed by atoms with Gasteiger partial charge in [0, 0.05) is 5.69 Å². The van der Waals surface area contributed by atoms with Crippen molar-refractivity contribution in [2.75, 3.05) is 5.32 Å². The molecule has 2 aromatic carbocycles. The number of rotatable bonds is 8. The fourth-order valence-corrected chi connectivity index (χ4v) is 2.95. The van der Waals surface area contributed by atoms with Gasteiger partial charge in [-0.3, -0.25) is 4.79 Å². The summed E-state index contributed by atoms with van der Waals surface area (Å²) in [5.41, 5.74) is 4.58. The third-order valence-electron chi connectivity index (χ3n) is 4.56. The molecule has 2 aromatic rings. The van der Waals surface area contributed by atoms with Crippen LogP contribution in [-0.2, 0) is 17.6 Å². The van der Waals surface area contributed by atoms with E-state index in [1.165, 1.54) is 24.0 Å². The molecular weight excluding hydrogens is 306 g/mol. The second-order valence-electron chi connectivity index (χ2n) is 7.35. The lowest BCUT2D eigenvalue weighted by Gasteiger charge is -2.14. The molecular formula is C23H31NO. The number of amides is 1. The molecule has 0 bridgehead atoms. The molecule has 0 aliphatic heterocycles. The van der Waals surface area contributed by atoms with Gasteiger partial charge >= 0.3 is 0 Å². The van der Waals surface area contributed by atoms with Gasteiger partial charge in [0.05, 0.1) is 5.92 Å². The van der Waals surface area contributed by atoms with Crippen LogP contribution in [0.1, 0.15) is 63.1 Å². The Bertz CT molecular complexity index is 655. The van der Waals surface area contributed by atoms with Crippen LogP contribution in [0.2, 0.25) is 0 Å². The molecule has 1 amide bonds. The highest BCUT2D eigenvalue weighted by Crippen LogP contribution is 2.20. The number of hydrogen-bond donors (Lipinski definition) is 1. The van der Waals surface area contributed by atoms with Gasteiger partial charge in [0.15, 0.2) is 0 Å². The zero-order valence-electron chi connectivity index (χ0n) is 16.0. The average Bonchev–Trinajstić information content (AvgIpc) is 2.60. The van der Waals surface area contributed by atoms with E-state index in [1.54, 1.807) is 0 Å². The topological polar surface area (TPSA) is 29.1 Å². The second kappa shape index (κ2) is 9.41. The van der Waals surface area contributed by atoms with Gasteiger partial charge in [0.1, 0.15) is 0 Å². The van der Waals surface area contributed by atoms with Crippen molar-refractivity contribution in [3.8, 4) is 0 Å². The standard InChI is InChI=1S/C23H31NO/c1-5-6-7-19-10-14-22(15-11-19)24-23(25)18(4)21-12-8-20(9-13-21)16-17(2)3/h8-15,17-18H,5-7,16H2,1-4H3,(H,24,25). The lowest BCUT2D eigenvalue weighted by Crippen LogP contribution is -2.18. The predicted octanol–water partition coefficient (Wildman–Crippen LogP) is 5.97. The number of carbonyl (C=O) groups excluding carboxylic acids is 1. The van der Waals surface area contributed by atoms with E-state index in [4.69, 9.17) is 0 Å². The monoisotopic (exact) mass is 337 g/mol. The molecule has 25 heavy (non-hydrogen) atoms. The summed E-state index contributed by atoms with van der Waals surface area (Å²) in [5, 5.41) is 3.03. The van der Waals surface area contributed by atoms with E-state index < -0.39 is 0 Å². The van der Waals surface area contributed by atoms with Crippen LogP contribution in [0.5, 0.6) is 0 Å². The number of benzene rings is 2. The Morgan fingerprint density at radius 2 is 1.52 bits per heavy atom. The minimum atomic E-state index is -0.159. The molecule has 0 saturated heterocycles.